The quantitative estimate of drug-likeness (QED) is 0.574. The normalized spacial score (nSPS) is 11.3. The van der Waals surface area contributed by atoms with Crippen molar-refractivity contribution in [1.29, 1.82) is 0 Å². The predicted octanol–water partition coefficient (Wildman–Crippen LogP) is 2.15. The molecule has 0 aliphatic carbocycles. The molecule has 0 amide bonds. The zero-order valence-electron chi connectivity index (χ0n) is 11.0. The van der Waals surface area contributed by atoms with Crippen molar-refractivity contribution >= 4 is 6.08 Å². The van der Waals surface area contributed by atoms with Gasteiger partial charge >= 0.3 is 0 Å². The molecule has 1 rings (SSSR count). The van der Waals surface area contributed by atoms with Crippen molar-refractivity contribution in [2.45, 2.75) is 12.8 Å². The maximum atomic E-state index is 10.1. The molecule has 0 saturated carbocycles. The second kappa shape index (κ2) is 6.67. The highest BCUT2D eigenvalue weighted by molar-refractivity contribution is 5.54. The fourth-order valence-electron chi connectivity index (χ4n) is 1.67. The van der Waals surface area contributed by atoms with Gasteiger partial charge in [-0.2, -0.15) is 0 Å². The van der Waals surface area contributed by atoms with Crippen LogP contribution in [0.5, 0.6) is 17.2 Å². The van der Waals surface area contributed by atoms with Gasteiger partial charge in [-0.25, -0.2) is 9.79 Å². The Hall–Kier alpha value is -2.00. The zero-order valence-corrected chi connectivity index (χ0v) is 11.0. The first-order valence-corrected chi connectivity index (χ1v) is 5.51. The van der Waals surface area contributed by atoms with E-state index in [2.05, 4.69) is 4.99 Å². The summed E-state index contributed by atoms with van der Waals surface area (Å²) in [5, 5.41) is 0. The SMILES string of the molecule is COc1cc(C(C)CN=C=O)cc(OC)c1OC. The molecule has 0 radical (unpaired) electrons. The van der Waals surface area contributed by atoms with Crippen molar-refractivity contribution in [1.82, 2.24) is 0 Å². The summed E-state index contributed by atoms with van der Waals surface area (Å²) in [4.78, 5) is 13.7. The smallest absolute Gasteiger partial charge is 0.234 e. The van der Waals surface area contributed by atoms with Gasteiger partial charge in [0.2, 0.25) is 11.8 Å². The molecular weight excluding hydrogens is 234 g/mol. The molecule has 0 aliphatic rings. The Bertz CT molecular complexity index is 427. The number of carbonyl (C=O) groups excluding carboxylic acids is 1. The maximum Gasteiger partial charge on any atom is 0.234 e. The van der Waals surface area contributed by atoms with Crippen LogP contribution < -0.4 is 14.2 Å². The summed E-state index contributed by atoms with van der Waals surface area (Å²) in [5.41, 5.74) is 0.962. The first-order valence-electron chi connectivity index (χ1n) is 5.51. The van der Waals surface area contributed by atoms with Gasteiger partial charge in [0.25, 0.3) is 0 Å². The van der Waals surface area contributed by atoms with Crippen LogP contribution in [0.25, 0.3) is 0 Å². The summed E-state index contributed by atoms with van der Waals surface area (Å²) in [6.07, 6.45) is 1.54. The van der Waals surface area contributed by atoms with Crippen molar-refractivity contribution in [2.24, 2.45) is 4.99 Å². The third-order valence-corrected chi connectivity index (χ3v) is 2.69. The van der Waals surface area contributed by atoms with E-state index in [0.717, 1.165) is 5.56 Å². The van der Waals surface area contributed by atoms with Crippen molar-refractivity contribution in [2.75, 3.05) is 27.9 Å². The van der Waals surface area contributed by atoms with Gasteiger partial charge in [-0.15, -0.1) is 0 Å². The predicted molar refractivity (Wildman–Crippen MR) is 67.5 cm³/mol. The number of isocyanates is 1. The Kier molecular flexibility index (Phi) is 5.21. The van der Waals surface area contributed by atoms with Gasteiger partial charge in [0.15, 0.2) is 11.5 Å². The fourth-order valence-corrected chi connectivity index (χ4v) is 1.67. The van der Waals surface area contributed by atoms with Crippen molar-refractivity contribution < 1.29 is 19.0 Å². The van der Waals surface area contributed by atoms with Crippen LogP contribution in [0.2, 0.25) is 0 Å². The Balaban J connectivity index is 3.17. The molecule has 0 saturated heterocycles. The lowest BCUT2D eigenvalue weighted by molar-refractivity contribution is 0.323. The van der Waals surface area contributed by atoms with E-state index in [-0.39, 0.29) is 5.92 Å². The summed E-state index contributed by atoms with van der Waals surface area (Å²) in [6, 6.07) is 3.71. The number of hydrogen-bond donors (Lipinski definition) is 0. The first-order chi connectivity index (χ1) is 8.67. The lowest BCUT2D eigenvalue weighted by atomic mass is 10.0. The molecule has 1 aromatic rings. The molecule has 18 heavy (non-hydrogen) atoms. The number of ether oxygens (including phenoxy) is 3. The molecule has 0 N–H and O–H groups in total. The van der Waals surface area contributed by atoms with Crippen LogP contribution in [-0.4, -0.2) is 34.0 Å². The number of rotatable bonds is 6. The van der Waals surface area contributed by atoms with Crippen LogP contribution in [0.15, 0.2) is 17.1 Å². The van der Waals surface area contributed by atoms with E-state index in [4.69, 9.17) is 14.2 Å². The first kappa shape index (κ1) is 14.1. The average Bonchev–Trinajstić information content (AvgIpc) is 2.42. The van der Waals surface area contributed by atoms with Gasteiger partial charge in [-0.05, 0) is 17.7 Å². The minimum atomic E-state index is 0.0696. The van der Waals surface area contributed by atoms with Crippen molar-refractivity contribution in [3.05, 3.63) is 17.7 Å². The van der Waals surface area contributed by atoms with Crippen LogP contribution >= 0.6 is 0 Å². The van der Waals surface area contributed by atoms with Crippen LogP contribution in [0.3, 0.4) is 0 Å². The van der Waals surface area contributed by atoms with Gasteiger partial charge in [0, 0.05) is 5.92 Å². The molecule has 0 aromatic heterocycles. The van der Waals surface area contributed by atoms with Gasteiger partial charge in [-0.3, -0.25) is 0 Å². The molecule has 5 heteroatoms. The molecule has 1 aromatic carbocycles. The Morgan fingerprint density at radius 2 is 1.72 bits per heavy atom. The summed E-state index contributed by atoms with van der Waals surface area (Å²) >= 11 is 0. The number of nitrogens with zero attached hydrogens (tertiary/aromatic N) is 1. The zero-order chi connectivity index (χ0) is 13.5. The van der Waals surface area contributed by atoms with E-state index in [0.29, 0.717) is 23.8 Å². The molecule has 0 fully saturated rings. The molecule has 0 aliphatic heterocycles. The number of methoxy groups -OCH3 is 3. The third kappa shape index (κ3) is 3.02. The van der Waals surface area contributed by atoms with E-state index < -0.39 is 0 Å². The van der Waals surface area contributed by atoms with Crippen LogP contribution in [-0.2, 0) is 4.79 Å². The van der Waals surface area contributed by atoms with Gasteiger partial charge < -0.3 is 14.2 Å². The van der Waals surface area contributed by atoms with Gasteiger partial charge in [0.05, 0.1) is 27.9 Å². The largest absolute Gasteiger partial charge is 0.493 e. The van der Waals surface area contributed by atoms with Crippen molar-refractivity contribution in [3.63, 3.8) is 0 Å². The molecule has 98 valence electrons. The summed E-state index contributed by atoms with van der Waals surface area (Å²) in [5.74, 6) is 1.80. The van der Waals surface area contributed by atoms with Gasteiger partial charge in [0.1, 0.15) is 0 Å². The second-order valence-corrected chi connectivity index (χ2v) is 3.79. The molecular formula is C13H17NO4. The van der Waals surface area contributed by atoms with E-state index in [1.165, 1.54) is 6.08 Å². The summed E-state index contributed by atoms with van der Waals surface area (Å²) in [6.45, 7) is 2.34. The number of aliphatic imine (C=N–C) groups is 1. The van der Waals surface area contributed by atoms with Crippen LogP contribution in [0.1, 0.15) is 18.4 Å². The summed E-state index contributed by atoms with van der Waals surface area (Å²) in [7, 11) is 4.69. The highest BCUT2D eigenvalue weighted by atomic mass is 16.5. The van der Waals surface area contributed by atoms with E-state index in [9.17, 15) is 4.79 Å². The fraction of sp³-hybridized carbons (Fsp3) is 0.462. The topological polar surface area (TPSA) is 57.1 Å². The molecule has 0 bridgehead atoms. The lowest BCUT2D eigenvalue weighted by Crippen LogP contribution is -2.01. The Labute approximate surface area is 106 Å². The standard InChI is InChI=1S/C13H17NO4/c1-9(7-14-8-15)10-5-11(16-2)13(18-4)12(6-10)17-3/h5-6,9H,7H2,1-4H3. The second-order valence-electron chi connectivity index (χ2n) is 3.79. The molecule has 5 nitrogen and oxygen atoms in total. The molecule has 0 heterocycles. The number of hydrogen-bond acceptors (Lipinski definition) is 5. The molecule has 1 unspecified atom stereocenters. The Morgan fingerprint density at radius 3 is 2.11 bits per heavy atom. The maximum absolute atomic E-state index is 10.1. The minimum Gasteiger partial charge on any atom is -0.493 e. The monoisotopic (exact) mass is 251 g/mol. The third-order valence-electron chi connectivity index (χ3n) is 2.69. The van der Waals surface area contributed by atoms with E-state index >= 15 is 0 Å². The lowest BCUT2D eigenvalue weighted by Gasteiger charge is -2.16. The van der Waals surface area contributed by atoms with E-state index in [1.807, 2.05) is 19.1 Å². The molecule has 1 atom stereocenters. The van der Waals surface area contributed by atoms with Gasteiger partial charge in [-0.1, -0.05) is 6.92 Å². The molecule has 0 spiro atoms. The van der Waals surface area contributed by atoms with Crippen LogP contribution in [0, 0.1) is 0 Å². The number of benzene rings is 1. The Morgan fingerprint density at radius 1 is 1.17 bits per heavy atom. The highest BCUT2D eigenvalue weighted by Gasteiger charge is 2.16. The highest BCUT2D eigenvalue weighted by Crippen LogP contribution is 2.39. The average molecular weight is 251 g/mol. The van der Waals surface area contributed by atoms with Crippen molar-refractivity contribution in [3.8, 4) is 17.2 Å². The van der Waals surface area contributed by atoms with E-state index in [1.54, 1.807) is 21.3 Å². The minimum absolute atomic E-state index is 0.0696. The summed E-state index contributed by atoms with van der Waals surface area (Å²) < 4.78 is 15.8. The van der Waals surface area contributed by atoms with Crippen LogP contribution in [0.4, 0.5) is 0 Å².